The zero-order valence-corrected chi connectivity index (χ0v) is 11.2. The summed E-state index contributed by atoms with van der Waals surface area (Å²) in [5, 5.41) is 9.07. The standard InChI is InChI=1S/C14H22N2O2/c1-14(11-15)4-6-16(7-5-14)13(17)9-12-3-2-8-18-10-12/h12H,2-10H2,1H3/t12-/m1/s1. The van der Waals surface area contributed by atoms with Crippen LogP contribution >= 0.6 is 0 Å². The maximum Gasteiger partial charge on any atom is 0.222 e. The van der Waals surface area contributed by atoms with Crippen molar-refractivity contribution < 1.29 is 9.53 Å². The van der Waals surface area contributed by atoms with Crippen LogP contribution in [0.1, 0.15) is 39.0 Å². The zero-order chi connectivity index (χ0) is 13.0. The Morgan fingerprint density at radius 2 is 2.22 bits per heavy atom. The lowest BCUT2D eigenvalue weighted by Gasteiger charge is -2.35. The van der Waals surface area contributed by atoms with Crippen LogP contribution in [-0.2, 0) is 9.53 Å². The monoisotopic (exact) mass is 250 g/mol. The highest BCUT2D eigenvalue weighted by molar-refractivity contribution is 5.76. The van der Waals surface area contributed by atoms with Crippen LogP contribution in [0, 0.1) is 22.7 Å². The number of nitrogens with zero attached hydrogens (tertiary/aromatic N) is 2. The fourth-order valence-electron chi connectivity index (χ4n) is 2.71. The Bertz CT molecular complexity index is 334. The number of hydrogen-bond acceptors (Lipinski definition) is 3. The Balaban J connectivity index is 1.79. The van der Waals surface area contributed by atoms with Crippen molar-refractivity contribution in [3.8, 4) is 6.07 Å². The summed E-state index contributed by atoms with van der Waals surface area (Å²) in [6, 6.07) is 2.36. The molecule has 0 aromatic carbocycles. The Kier molecular flexibility index (Phi) is 4.23. The van der Waals surface area contributed by atoms with Gasteiger partial charge in [-0.05, 0) is 38.5 Å². The predicted octanol–water partition coefficient (Wildman–Crippen LogP) is 1.96. The molecule has 2 aliphatic heterocycles. The van der Waals surface area contributed by atoms with E-state index in [9.17, 15) is 4.79 Å². The van der Waals surface area contributed by atoms with Crippen molar-refractivity contribution in [2.45, 2.75) is 39.0 Å². The molecule has 0 N–H and O–H groups in total. The highest BCUT2D eigenvalue weighted by Crippen LogP contribution is 2.30. The maximum atomic E-state index is 12.2. The molecule has 0 aliphatic carbocycles. The minimum Gasteiger partial charge on any atom is -0.381 e. The minimum absolute atomic E-state index is 0.231. The molecule has 4 nitrogen and oxygen atoms in total. The number of ether oxygens (including phenoxy) is 1. The first-order chi connectivity index (χ1) is 8.63. The molecule has 0 bridgehead atoms. The Morgan fingerprint density at radius 3 is 2.78 bits per heavy atom. The third-order valence-electron chi connectivity index (χ3n) is 4.21. The summed E-state index contributed by atoms with van der Waals surface area (Å²) in [5.74, 6) is 0.640. The molecule has 0 unspecified atom stereocenters. The smallest absolute Gasteiger partial charge is 0.222 e. The summed E-state index contributed by atoms with van der Waals surface area (Å²) >= 11 is 0. The van der Waals surface area contributed by atoms with Crippen LogP contribution in [0.4, 0.5) is 0 Å². The van der Waals surface area contributed by atoms with Crippen LogP contribution in [0.3, 0.4) is 0 Å². The van der Waals surface area contributed by atoms with Crippen LogP contribution in [-0.4, -0.2) is 37.1 Å². The Morgan fingerprint density at radius 1 is 1.50 bits per heavy atom. The van der Waals surface area contributed by atoms with Crippen LogP contribution in [0.15, 0.2) is 0 Å². The lowest BCUT2D eigenvalue weighted by atomic mass is 9.82. The molecule has 2 saturated heterocycles. The first-order valence-electron chi connectivity index (χ1n) is 6.90. The van der Waals surface area contributed by atoms with E-state index in [-0.39, 0.29) is 11.3 Å². The van der Waals surface area contributed by atoms with Crippen molar-refractivity contribution in [1.29, 1.82) is 5.26 Å². The second-order valence-electron chi connectivity index (χ2n) is 5.84. The average Bonchev–Trinajstić information content (AvgIpc) is 2.40. The first kappa shape index (κ1) is 13.4. The number of rotatable bonds is 2. The second-order valence-corrected chi connectivity index (χ2v) is 5.84. The van der Waals surface area contributed by atoms with Gasteiger partial charge in [-0.25, -0.2) is 0 Å². The largest absolute Gasteiger partial charge is 0.381 e. The maximum absolute atomic E-state index is 12.2. The number of amides is 1. The van der Waals surface area contributed by atoms with Gasteiger partial charge in [0.05, 0.1) is 11.5 Å². The highest BCUT2D eigenvalue weighted by Gasteiger charge is 2.32. The van der Waals surface area contributed by atoms with Gasteiger partial charge in [-0.1, -0.05) is 0 Å². The van der Waals surface area contributed by atoms with Gasteiger partial charge in [-0.2, -0.15) is 5.26 Å². The van der Waals surface area contributed by atoms with Crippen LogP contribution in [0.5, 0.6) is 0 Å². The molecule has 0 aromatic heterocycles. The van der Waals surface area contributed by atoms with E-state index >= 15 is 0 Å². The molecule has 2 aliphatic rings. The van der Waals surface area contributed by atoms with Crippen molar-refractivity contribution in [2.24, 2.45) is 11.3 Å². The third-order valence-corrected chi connectivity index (χ3v) is 4.21. The van der Waals surface area contributed by atoms with Crippen LogP contribution < -0.4 is 0 Å². The number of carbonyl (C=O) groups is 1. The minimum atomic E-state index is -0.231. The molecule has 0 radical (unpaired) electrons. The zero-order valence-electron chi connectivity index (χ0n) is 11.2. The van der Waals surface area contributed by atoms with Crippen molar-refractivity contribution >= 4 is 5.91 Å². The number of piperidine rings is 1. The van der Waals surface area contributed by atoms with Gasteiger partial charge in [0.2, 0.25) is 5.91 Å². The molecule has 2 heterocycles. The first-order valence-corrected chi connectivity index (χ1v) is 6.90. The molecule has 4 heteroatoms. The SMILES string of the molecule is CC1(C#N)CCN(C(=O)C[C@H]2CCCOC2)CC1. The number of nitriles is 1. The number of carbonyl (C=O) groups excluding carboxylic acids is 1. The number of likely N-dealkylation sites (tertiary alicyclic amines) is 1. The van der Waals surface area contributed by atoms with Gasteiger partial charge in [0.1, 0.15) is 0 Å². The summed E-state index contributed by atoms with van der Waals surface area (Å²) < 4.78 is 5.41. The third kappa shape index (κ3) is 3.23. The summed E-state index contributed by atoms with van der Waals surface area (Å²) in [6.07, 6.45) is 4.40. The van der Waals surface area contributed by atoms with E-state index in [1.54, 1.807) is 0 Å². The molecule has 0 aromatic rings. The van der Waals surface area contributed by atoms with E-state index in [1.165, 1.54) is 0 Å². The molecule has 18 heavy (non-hydrogen) atoms. The lowest BCUT2D eigenvalue weighted by Crippen LogP contribution is -2.42. The predicted molar refractivity (Wildman–Crippen MR) is 67.7 cm³/mol. The van der Waals surface area contributed by atoms with E-state index in [1.807, 2.05) is 11.8 Å². The van der Waals surface area contributed by atoms with E-state index in [0.29, 0.717) is 12.3 Å². The molecule has 2 fully saturated rings. The molecule has 1 amide bonds. The van der Waals surface area contributed by atoms with E-state index < -0.39 is 0 Å². The molecule has 0 spiro atoms. The van der Waals surface area contributed by atoms with Gasteiger partial charge >= 0.3 is 0 Å². The van der Waals surface area contributed by atoms with Gasteiger partial charge in [0, 0.05) is 32.7 Å². The van der Waals surface area contributed by atoms with Gasteiger partial charge in [0.15, 0.2) is 0 Å². The highest BCUT2D eigenvalue weighted by atomic mass is 16.5. The van der Waals surface area contributed by atoms with E-state index in [0.717, 1.165) is 52.0 Å². The molecular weight excluding hydrogens is 228 g/mol. The number of hydrogen-bond donors (Lipinski definition) is 0. The van der Waals surface area contributed by atoms with Crippen molar-refractivity contribution in [2.75, 3.05) is 26.3 Å². The van der Waals surface area contributed by atoms with Gasteiger partial charge in [-0.3, -0.25) is 4.79 Å². The van der Waals surface area contributed by atoms with E-state index in [2.05, 4.69) is 6.07 Å². The van der Waals surface area contributed by atoms with Gasteiger partial charge in [0.25, 0.3) is 0 Å². The second kappa shape index (κ2) is 5.71. The fourth-order valence-corrected chi connectivity index (χ4v) is 2.71. The average molecular weight is 250 g/mol. The van der Waals surface area contributed by atoms with Crippen LogP contribution in [0.25, 0.3) is 0 Å². The summed E-state index contributed by atoms with van der Waals surface area (Å²) in [5.41, 5.74) is -0.231. The van der Waals surface area contributed by atoms with Crippen molar-refractivity contribution in [3.63, 3.8) is 0 Å². The van der Waals surface area contributed by atoms with E-state index in [4.69, 9.17) is 10.00 Å². The van der Waals surface area contributed by atoms with Gasteiger partial charge in [-0.15, -0.1) is 0 Å². The topological polar surface area (TPSA) is 53.3 Å². The Labute approximate surface area is 109 Å². The molecular formula is C14H22N2O2. The normalized spacial score (nSPS) is 27.6. The van der Waals surface area contributed by atoms with Crippen LogP contribution in [0.2, 0.25) is 0 Å². The molecule has 0 saturated carbocycles. The van der Waals surface area contributed by atoms with Gasteiger partial charge < -0.3 is 9.64 Å². The summed E-state index contributed by atoms with van der Waals surface area (Å²) in [4.78, 5) is 14.1. The summed E-state index contributed by atoms with van der Waals surface area (Å²) in [6.45, 7) is 5.03. The molecule has 1 atom stereocenters. The quantitative estimate of drug-likeness (QED) is 0.752. The molecule has 2 rings (SSSR count). The Hall–Kier alpha value is -1.08. The van der Waals surface area contributed by atoms with Crippen molar-refractivity contribution in [3.05, 3.63) is 0 Å². The fraction of sp³-hybridized carbons (Fsp3) is 0.857. The summed E-state index contributed by atoms with van der Waals surface area (Å²) in [7, 11) is 0. The lowest BCUT2D eigenvalue weighted by molar-refractivity contribution is -0.135. The van der Waals surface area contributed by atoms with Crippen molar-refractivity contribution in [1.82, 2.24) is 4.90 Å². The molecule has 100 valence electrons.